The Hall–Kier alpha value is -0.440. The second-order valence-electron chi connectivity index (χ2n) is 3.03. The maximum absolute atomic E-state index is 10.8. The lowest BCUT2D eigenvalue weighted by atomic mass is 10.2. The lowest BCUT2D eigenvalue weighted by Gasteiger charge is -2.10. The van der Waals surface area contributed by atoms with Gasteiger partial charge in [0.05, 0.1) is 12.1 Å². The van der Waals surface area contributed by atoms with Crippen molar-refractivity contribution < 1.29 is 12.6 Å². The summed E-state index contributed by atoms with van der Waals surface area (Å²) in [5.74, 6) is -0.396. The topological polar surface area (TPSA) is 43.4 Å². The molecule has 0 aliphatic rings. The number of rotatable bonds is 4. The first kappa shape index (κ1) is 11.6. The van der Waals surface area contributed by atoms with Gasteiger partial charge >= 0.3 is 0 Å². The van der Waals surface area contributed by atoms with Gasteiger partial charge in [0.25, 0.3) is 10.1 Å². The minimum atomic E-state index is -3.36. The monoisotopic (exact) mass is 232 g/mol. The highest BCUT2D eigenvalue weighted by molar-refractivity contribution is 7.86. The van der Waals surface area contributed by atoms with Crippen molar-refractivity contribution in [1.29, 1.82) is 0 Å². The first-order chi connectivity index (χ1) is 6.47. The average molecular weight is 232 g/mol. The minimum Gasteiger partial charge on any atom is -0.263 e. The molecule has 14 heavy (non-hydrogen) atoms. The van der Waals surface area contributed by atoms with Gasteiger partial charge in [0.2, 0.25) is 0 Å². The molecular weight excluding hydrogens is 219 g/mol. The van der Waals surface area contributed by atoms with Gasteiger partial charge < -0.3 is 0 Å². The van der Waals surface area contributed by atoms with Crippen LogP contribution in [0.1, 0.15) is 5.56 Å². The van der Waals surface area contributed by atoms with Crippen molar-refractivity contribution in [2.45, 2.75) is 12.3 Å². The maximum atomic E-state index is 10.8. The fourth-order valence-electron chi connectivity index (χ4n) is 1.10. The van der Waals surface area contributed by atoms with Crippen molar-refractivity contribution in [2.24, 2.45) is 0 Å². The molecule has 1 rings (SSSR count). The highest BCUT2D eigenvalue weighted by atomic mass is 32.2. The summed E-state index contributed by atoms with van der Waals surface area (Å²) in [5, 5.41) is 0. The summed E-state index contributed by atoms with van der Waals surface area (Å²) in [6.07, 6.45) is 1.62. The molecule has 0 heterocycles. The van der Waals surface area contributed by atoms with Gasteiger partial charge in [0.1, 0.15) is 0 Å². The van der Waals surface area contributed by atoms with Crippen LogP contribution in [0.3, 0.4) is 0 Å². The Labute approximate surface area is 86.8 Å². The molecule has 2 unspecified atom stereocenters. The largest absolute Gasteiger partial charge is 0.264 e. The molecule has 0 aliphatic heterocycles. The lowest BCUT2D eigenvalue weighted by molar-refractivity contribution is 0.294. The molecule has 0 spiro atoms. The summed E-state index contributed by atoms with van der Waals surface area (Å²) in [4.78, 5) is 0. The van der Waals surface area contributed by atoms with Crippen molar-refractivity contribution in [2.75, 3.05) is 6.26 Å². The predicted molar refractivity (Wildman–Crippen MR) is 59.6 cm³/mol. The molecular formula is C9H13O3PS. The third-order valence-corrected chi connectivity index (χ3v) is 2.74. The maximum Gasteiger partial charge on any atom is 0.264 e. The first-order valence-corrected chi connectivity index (χ1v) is 6.63. The Balaban J connectivity index is 2.54. The fourth-order valence-corrected chi connectivity index (χ4v) is 2.50. The second kappa shape index (κ2) is 4.87. The Morgan fingerprint density at radius 2 is 1.93 bits per heavy atom. The summed E-state index contributed by atoms with van der Waals surface area (Å²) in [5.41, 5.74) is 1.05. The Kier molecular flexibility index (Phi) is 4.05. The van der Waals surface area contributed by atoms with Crippen LogP contribution in [0.25, 0.3) is 0 Å². The van der Waals surface area contributed by atoms with E-state index in [-0.39, 0.29) is 0 Å². The van der Waals surface area contributed by atoms with Crippen LogP contribution < -0.4 is 0 Å². The summed E-state index contributed by atoms with van der Waals surface area (Å²) in [6.45, 7) is 0. The molecule has 0 aromatic heterocycles. The molecule has 0 saturated heterocycles. The van der Waals surface area contributed by atoms with Gasteiger partial charge in [0, 0.05) is 6.42 Å². The zero-order valence-corrected chi connectivity index (χ0v) is 9.85. The Bertz CT molecular complexity index is 374. The van der Waals surface area contributed by atoms with E-state index in [1.165, 1.54) is 0 Å². The smallest absolute Gasteiger partial charge is 0.263 e. The van der Waals surface area contributed by atoms with Gasteiger partial charge in [0.15, 0.2) is 0 Å². The molecule has 0 saturated carbocycles. The third-order valence-electron chi connectivity index (χ3n) is 1.58. The van der Waals surface area contributed by atoms with E-state index in [9.17, 15) is 8.42 Å². The van der Waals surface area contributed by atoms with E-state index in [1.807, 2.05) is 30.3 Å². The quantitative estimate of drug-likeness (QED) is 0.582. The van der Waals surface area contributed by atoms with Gasteiger partial charge in [-0.1, -0.05) is 30.3 Å². The summed E-state index contributed by atoms with van der Waals surface area (Å²) >= 11 is 0. The van der Waals surface area contributed by atoms with Crippen molar-refractivity contribution in [3.8, 4) is 0 Å². The number of benzene rings is 1. The molecule has 0 aliphatic carbocycles. The molecule has 3 nitrogen and oxygen atoms in total. The van der Waals surface area contributed by atoms with Crippen LogP contribution in [0.2, 0.25) is 0 Å². The van der Waals surface area contributed by atoms with Crippen molar-refractivity contribution in [1.82, 2.24) is 0 Å². The Morgan fingerprint density at radius 3 is 2.43 bits per heavy atom. The van der Waals surface area contributed by atoms with Gasteiger partial charge in [-0.3, -0.25) is 4.18 Å². The summed E-state index contributed by atoms with van der Waals surface area (Å²) < 4.78 is 26.4. The minimum absolute atomic E-state index is 0.396. The van der Waals surface area contributed by atoms with Crippen LogP contribution in [-0.4, -0.2) is 20.5 Å². The van der Waals surface area contributed by atoms with Crippen molar-refractivity contribution in [3.05, 3.63) is 35.9 Å². The van der Waals surface area contributed by atoms with Gasteiger partial charge in [-0.25, -0.2) is 0 Å². The highest BCUT2D eigenvalue weighted by Gasteiger charge is 2.10. The van der Waals surface area contributed by atoms with Crippen molar-refractivity contribution in [3.63, 3.8) is 0 Å². The van der Waals surface area contributed by atoms with E-state index >= 15 is 0 Å². The molecule has 2 atom stereocenters. The van der Waals surface area contributed by atoms with E-state index in [0.717, 1.165) is 11.8 Å². The van der Waals surface area contributed by atoms with Gasteiger partial charge in [-0.05, 0) is 5.56 Å². The van der Waals surface area contributed by atoms with Gasteiger partial charge in [-0.2, -0.15) is 8.42 Å². The Morgan fingerprint density at radius 1 is 1.36 bits per heavy atom. The SMILES string of the molecule is CS(=O)(=O)OC(P)Cc1ccccc1. The molecule has 1 aromatic carbocycles. The lowest BCUT2D eigenvalue weighted by Crippen LogP contribution is -2.13. The van der Waals surface area contributed by atoms with Crippen LogP contribution in [0.5, 0.6) is 0 Å². The zero-order chi connectivity index (χ0) is 10.6. The average Bonchev–Trinajstić information content (AvgIpc) is 2.02. The zero-order valence-electron chi connectivity index (χ0n) is 7.88. The molecule has 78 valence electrons. The molecule has 0 fully saturated rings. The van der Waals surface area contributed by atoms with E-state index in [0.29, 0.717) is 6.42 Å². The van der Waals surface area contributed by atoms with Crippen molar-refractivity contribution >= 4 is 19.4 Å². The van der Waals surface area contributed by atoms with E-state index in [1.54, 1.807) is 0 Å². The third kappa shape index (κ3) is 4.70. The van der Waals surface area contributed by atoms with Crippen LogP contribution in [-0.2, 0) is 20.7 Å². The molecule has 1 aromatic rings. The molecule has 5 heteroatoms. The predicted octanol–water partition coefficient (Wildman–Crippen LogP) is 1.41. The number of hydrogen-bond acceptors (Lipinski definition) is 3. The van der Waals surface area contributed by atoms with Crippen LogP contribution in [0.4, 0.5) is 0 Å². The van der Waals surface area contributed by atoms with Crippen LogP contribution >= 0.6 is 9.24 Å². The summed E-state index contributed by atoms with van der Waals surface area (Å²) in [6, 6.07) is 9.60. The first-order valence-electron chi connectivity index (χ1n) is 4.15. The van der Waals surface area contributed by atoms with E-state index in [2.05, 4.69) is 9.24 Å². The van der Waals surface area contributed by atoms with Crippen LogP contribution in [0, 0.1) is 0 Å². The normalized spacial score (nSPS) is 13.9. The molecule has 0 N–H and O–H groups in total. The number of hydrogen-bond donors (Lipinski definition) is 0. The fraction of sp³-hybridized carbons (Fsp3) is 0.333. The molecule has 0 radical (unpaired) electrons. The summed E-state index contributed by atoms with van der Waals surface area (Å²) in [7, 11) is -0.996. The second-order valence-corrected chi connectivity index (χ2v) is 5.37. The molecule has 0 amide bonds. The van der Waals surface area contributed by atoms with Gasteiger partial charge in [-0.15, -0.1) is 9.24 Å². The van der Waals surface area contributed by atoms with E-state index < -0.39 is 16.0 Å². The van der Waals surface area contributed by atoms with E-state index in [4.69, 9.17) is 4.18 Å². The standard InChI is InChI=1S/C9H13O3PS/c1-14(10,11)12-9(13)7-8-5-3-2-4-6-8/h2-6,9H,7,13H2,1H3. The van der Waals surface area contributed by atoms with Crippen LogP contribution in [0.15, 0.2) is 30.3 Å². The molecule has 0 bridgehead atoms. The highest BCUT2D eigenvalue weighted by Crippen LogP contribution is 2.13.